The molecule has 124 valence electrons. The van der Waals surface area contributed by atoms with E-state index in [1.165, 1.54) is 11.3 Å². The molecule has 0 aliphatic rings. The van der Waals surface area contributed by atoms with Crippen LogP contribution >= 0.6 is 11.3 Å². The zero-order valence-corrected chi connectivity index (χ0v) is 14.2. The van der Waals surface area contributed by atoms with E-state index in [4.69, 9.17) is 4.74 Å². The van der Waals surface area contributed by atoms with Crippen molar-refractivity contribution < 1.29 is 9.53 Å². The van der Waals surface area contributed by atoms with Crippen molar-refractivity contribution in [1.82, 2.24) is 25.3 Å². The Labute approximate surface area is 143 Å². The zero-order valence-electron chi connectivity index (χ0n) is 13.4. The highest BCUT2D eigenvalue weighted by atomic mass is 32.1. The Morgan fingerprint density at radius 3 is 2.75 bits per heavy atom. The molecule has 0 unspecified atom stereocenters. The molecule has 1 amide bonds. The van der Waals surface area contributed by atoms with Gasteiger partial charge in [-0.05, 0) is 24.6 Å². The minimum Gasteiger partial charge on any atom is -0.497 e. The first-order valence-corrected chi connectivity index (χ1v) is 8.18. The number of hydrogen-bond donors (Lipinski definition) is 1. The van der Waals surface area contributed by atoms with E-state index in [1.807, 2.05) is 31.2 Å². The van der Waals surface area contributed by atoms with E-state index in [9.17, 15) is 4.79 Å². The predicted octanol–water partition coefficient (Wildman–Crippen LogP) is 2.03. The Bertz CT molecular complexity index is 825. The van der Waals surface area contributed by atoms with Gasteiger partial charge in [0.25, 0.3) is 5.91 Å². The van der Waals surface area contributed by atoms with Gasteiger partial charge in [-0.25, -0.2) is 0 Å². The Kier molecular flexibility index (Phi) is 4.85. The first-order chi connectivity index (χ1) is 11.6. The summed E-state index contributed by atoms with van der Waals surface area (Å²) in [6.07, 6.45) is 3.29. The van der Waals surface area contributed by atoms with Crippen LogP contribution in [-0.4, -0.2) is 33.0 Å². The number of carbonyl (C=O) groups is 1. The molecule has 0 spiro atoms. The highest BCUT2D eigenvalue weighted by Gasteiger charge is 2.10. The predicted molar refractivity (Wildman–Crippen MR) is 90.1 cm³/mol. The lowest BCUT2D eigenvalue weighted by molar-refractivity contribution is 0.0950. The molecule has 2 heterocycles. The van der Waals surface area contributed by atoms with Crippen LogP contribution in [0.2, 0.25) is 0 Å². The maximum Gasteiger partial charge on any atom is 0.254 e. The molecule has 3 rings (SSSR count). The first-order valence-electron chi connectivity index (χ1n) is 7.36. The number of hydrogen-bond acceptors (Lipinski definition) is 6. The van der Waals surface area contributed by atoms with Crippen LogP contribution in [-0.2, 0) is 13.1 Å². The summed E-state index contributed by atoms with van der Waals surface area (Å²) in [7, 11) is 1.64. The number of benzene rings is 1. The van der Waals surface area contributed by atoms with Gasteiger partial charge in [0.2, 0.25) is 0 Å². The minimum absolute atomic E-state index is 0.177. The molecule has 3 aromatic rings. The van der Waals surface area contributed by atoms with E-state index < -0.39 is 0 Å². The molecule has 0 aliphatic heterocycles. The highest BCUT2D eigenvalue weighted by molar-refractivity contribution is 7.11. The molecule has 0 saturated carbocycles. The fourth-order valence-electron chi connectivity index (χ4n) is 2.15. The van der Waals surface area contributed by atoms with Crippen molar-refractivity contribution in [3.63, 3.8) is 0 Å². The third-order valence-electron chi connectivity index (χ3n) is 3.37. The monoisotopic (exact) mass is 343 g/mol. The average Bonchev–Trinajstić information content (AvgIpc) is 3.22. The lowest BCUT2D eigenvalue weighted by atomic mass is 10.2. The molecular formula is C16H17N5O2S. The van der Waals surface area contributed by atoms with E-state index >= 15 is 0 Å². The van der Waals surface area contributed by atoms with E-state index in [1.54, 1.807) is 24.2 Å². The van der Waals surface area contributed by atoms with Crippen LogP contribution in [0.4, 0.5) is 0 Å². The van der Waals surface area contributed by atoms with Crippen molar-refractivity contribution in [3.05, 3.63) is 57.8 Å². The van der Waals surface area contributed by atoms with Crippen LogP contribution in [0.25, 0.3) is 0 Å². The van der Waals surface area contributed by atoms with Crippen molar-refractivity contribution in [2.24, 2.45) is 0 Å². The van der Waals surface area contributed by atoms with Crippen molar-refractivity contribution in [2.75, 3.05) is 7.11 Å². The van der Waals surface area contributed by atoms with Crippen LogP contribution in [0.1, 0.15) is 25.9 Å². The van der Waals surface area contributed by atoms with Crippen molar-refractivity contribution in [3.8, 4) is 5.75 Å². The second-order valence-electron chi connectivity index (χ2n) is 5.17. The molecular weight excluding hydrogens is 326 g/mol. The largest absolute Gasteiger partial charge is 0.497 e. The summed E-state index contributed by atoms with van der Waals surface area (Å²) in [5, 5.41) is 16.6. The van der Waals surface area contributed by atoms with E-state index in [0.29, 0.717) is 18.7 Å². The quantitative estimate of drug-likeness (QED) is 0.740. The molecule has 0 saturated heterocycles. The van der Waals surface area contributed by atoms with Crippen molar-refractivity contribution >= 4 is 17.2 Å². The number of rotatable bonds is 6. The smallest absolute Gasteiger partial charge is 0.254 e. The number of nitrogens with one attached hydrogen (secondary N) is 1. The zero-order chi connectivity index (χ0) is 16.9. The number of methoxy groups -OCH3 is 1. The molecule has 24 heavy (non-hydrogen) atoms. The summed E-state index contributed by atoms with van der Waals surface area (Å²) in [5.74, 6) is 0.634. The molecule has 0 radical (unpaired) electrons. The second-order valence-corrected chi connectivity index (χ2v) is 6.44. The van der Waals surface area contributed by atoms with Crippen molar-refractivity contribution in [1.29, 1.82) is 0 Å². The molecule has 8 heteroatoms. The molecule has 0 atom stereocenters. The van der Waals surface area contributed by atoms with Crippen LogP contribution in [0.15, 0.2) is 36.7 Å². The fraction of sp³-hybridized carbons (Fsp3) is 0.250. The van der Waals surface area contributed by atoms with E-state index in [-0.39, 0.29) is 5.91 Å². The normalized spacial score (nSPS) is 10.6. The summed E-state index contributed by atoms with van der Waals surface area (Å²) < 4.78 is 6.86. The molecule has 1 N–H and O–H groups in total. The Hall–Kier alpha value is -2.74. The van der Waals surface area contributed by atoms with Gasteiger partial charge in [-0.3, -0.25) is 9.48 Å². The summed E-state index contributed by atoms with van der Waals surface area (Å²) >= 11 is 1.47. The summed E-state index contributed by atoms with van der Waals surface area (Å²) in [5.41, 5.74) is 1.60. The van der Waals surface area contributed by atoms with E-state index in [2.05, 4.69) is 20.6 Å². The topological polar surface area (TPSA) is 81.9 Å². The van der Waals surface area contributed by atoms with Gasteiger partial charge in [0.05, 0.1) is 32.0 Å². The number of amides is 1. The second kappa shape index (κ2) is 7.22. The number of carbonyl (C=O) groups excluding carboxylic acids is 1. The first kappa shape index (κ1) is 16.1. The lowest BCUT2D eigenvalue weighted by Gasteiger charge is -2.03. The van der Waals surface area contributed by atoms with Gasteiger partial charge in [-0.2, -0.15) is 5.10 Å². The van der Waals surface area contributed by atoms with Crippen LogP contribution in [0.3, 0.4) is 0 Å². The molecule has 1 aromatic carbocycles. The van der Waals surface area contributed by atoms with Gasteiger partial charge in [0.1, 0.15) is 15.8 Å². The molecule has 0 fully saturated rings. The summed E-state index contributed by atoms with van der Waals surface area (Å²) in [6.45, 7) is 2.84. The van der Waals surface area contributed by atoms with Crippen molar-refractivity contribution in [2.45, 2.75) is 20.0 Å². The van der Waals surface area contributed by atoms with Gasteiger partial charge in [-0.1, -0.05) is 23.5 Å². The molecule has 0 aliphatic carbocycles. The van der Waals surface area contributed by atoms with Gasteiger partial charge < -0.3 is 10.1 Å². The maximum absolute atomic E-state index is 12.1. The average molecular weight is 343 g/mol. The Morgan fingerprint density at radius 2 is 2.08 bits per heavy atom. The lowest BCUT2D eigenvalue weighted by Crippen LogP contribution is -2.22. The third-order valence-corrected chi connectivity index (χ3v) is 4.21. The van der Waals surface area contributed by atoms with E-state index in [0.717, 1.165) is 21.3 Å². The highest BCUT2D eigenvalue weighted by Crippen LogP contribution is 2.12. The molecule has 7 nitrogen and oxygen atoms in total. The molecule has 0 bridgehead atoms. The standard InChI is InChI=1S/C16H17N5O2S/c1-11-19-20-15(24-11)8-17-16(22)13-7-18-21(10-13)9-12-3-5-14(23-2)6-4-12/h3-7,10H,8-9H2,1-2H3,(H,17,22). The number of nitrogens with zero attached hydrogens (tertiary/aromatic N) is 4. The third kappa shape index (κ3) is 3.96. The van der Waals surface area contributed by atoms with Gasteiger partial charge >= 0.3 is 0 Å². The van der Waals surface area contributed by atoms with Gasteiger partial charge in [0.15, 0.2) is 0 Å². The van der Waals surface area contributed by atoms with Gasteiger partial charge in [-0.15, -0.1) is 10.2 Å². The SMILES string of the molecule is COc1ccc(Cn2cc(C(=O)NCc3nnc(C)s3)cn2)cc1. The van der Waals surface area contributed by atoms with Gasteiger partial charge in [0, 0.05) is 6.20 Å². The number of aryl methyl sites for hydroxylation is 1. The van der Waals surface area contributed by atoms with Crippen LogP contribution in [0, 0.1) is 6.92 Å². The molecule has 2 aromatic heterocycles. The maximum atomic E-state index is 12.1. The number of ether oxygens (including phenoxy) is 1. The fourth-order valence-corrected chi connectivity index (χ4v) is 2.80. The Balaban J connectivity index is 1.58. The Morgan fingerprint density at radius 1 is 1.29 bits per heavy atom. The minimum atomic E-state index is -0.177. The van der Waals surface area contributed by atoms with Crippen LogP contribution in [0.5, 0.6) is 5.75 Å². The van der Waals surface area contributed by atoms with Crippen LogP contribution < -0.4 is 10.1 Å². The summed E-state index contributed by atoms with van der Waals surface area (Å²) in [6, 6.07) is 7.74. The summed E-state index contributed by atoms with van der Waals surface area (Å²) in [4.78, 5) is 12.1. The number of aromatic nitrogens is 4.